The van der Waals surface area contributed by atoms with Gasteiger partial charge in [0.1, 0.15) is 0 Å². The number of carbonyl (C=O) groups excluding carboxylic acids is 1. The average molecular weight is 293 g/mol. The number of carbonyl (C=O) groups is 1. The number of para-hydroxylation sites is 1. The van der Waals surface area contributed by atoms with E-state index in [-0.39, 0.29) is 5.91 Å². The Morgan fingerprint density at radius 3 is 2.80 bits per heavy atom. The number of hydrogen-bond acceptors (Lipinski definition) is 4. The normalized spacial score (nSPS) is 15.8. The number of rotatable bonds is 6. The molecule has 1 aromatic carbocycles. The molecule has 1 aromatic rings. The summed E-state index contributed by atoms with van der Waals surface area (Å²) in [6.07, 6.45) is 0. The number of nitrogens with zero attached hydrogens (tertiary/aromatic N) is 1. The highest BCUT2D eigenvalue weighted by atomic mass is 32.2. The molecule has 0 bridgehead atoms. The van der Waals surface area contributed by atoms with Gasteiger partial charge in [-0.15, -0.1) is 0 Å². The number of anilines is 1. The second-order valence-electron chi connectivity index (χ2n) is 4.79. The van der Waals surface area contributed by atoms with Gasteiger partial charge in [0, 0.05) is 49.9 Å². The molecule has 1 heterocycles. The van der Waals surface area contributed by atoms with Crippen LogP contribution in [0.2, 0.25) is 0 Å². The number of hydrogen-bond donors (Lipinski definition) is 2. The topological polar surface area (TPSA) is 44.4 Å². The monoisotopic (exact) mass is 293 g/mol. The first kappa shape index (κ1) is 15.2. The van der Waals surface area contributed by atoms with Crippen molar-refractivity contribution < 1.29 is 4.79 Å². The van der Waals surface area contributed by atoms with Gasteiger partial charge in [-0.05, 0) is 19.1 Å². The van der Waals surface area contributed by atoms with Crippen LogP contribution < -0.4 is 10.6 Å². The van der Waals surface area contributed by atoms with Gasteiger partial charge in [-0.3, -0.25) is 9.69 Å². The van der Waals surface area contributed by atoms with Crippen LogP contribution in [-0.2, 0) is 0 Å². The minimum absolute atomic E-state index is 0.00735. The Morgan fingerprint density at radius 2 is 2.05 bits per heavy atom. The Labute approximate surface area is 125 Å². The van der Waals surface area contributed by atoms with E-state index in [0.717, 1.165) is 37.4 Å². The largest absolute Gasteiger partial charge is 0.385 e. The molecule has 1 aliphatic heterocycles. The van der Waals surface area contributed by atoms with Crippen LogP contribution in [0.25, 0.3) is 0 Å². The molecule has 2 rings (SSSR count). The minimum atomic E-state index is 0.00735. The summed E-state index contributed by atoms with van der Waals surface area (Å²) in [6.45, 7) is 6.77. The van der Waals surface area contributed by atoms with E-state index in [4.69, 9.17) is 0 Å². The number of thioether (sulfide) groups is 1. The van der Waals surface area contributed by atoms with E-state index >= 15 is 0 Å². The van der Waals surface area contributed by atoms with Crippen molar-refractivity contribution in [3.05, 3.63) is 29.8 Å². The van der Waals surface area contributed by atoms with Gasteiger partial charge >= 0.3 is 0 Å². The number of amides is 1. The fraction of sp³-hybridized carbons (Fsp3) is 0.533. The minimum Gasteiger partial charge on any atom is -0.385 e. The maximum atomic E-state index is 12.2. The van der Waals surface area contributed by atoms with Gasteiger partial charge in [0.05, 0.1) is 5.56 Å². The predicted octanol–water partition coefficient (Wildman–Crippen LogP) is 1.90. The van der Waals surface area contributed by atoms with Crippen molar-refractivity contribution in [3.8, 4) is 0 Å². The van der Waals surface area contributed by atoms with Crippen LogP contribution in [0, 0.1) is 0 Å². The molecule has 0 atom stereocenters. The molecule has 2 N–H and O–H groups in total. The maximum Gasteiger partial charge on any atom is 0.253 e. The predicted molar refractivity (Wildman–Crippen MR) is 86.7 cm³/mol. The van der Waals surface area contributed by atoms with Crippen LogP contribution in [0.3, 0.4) is 0 Å². The van der Waals surface area contributed by atoms with Gasteiger partial charge in [-0.2, -0.15) is 11.8 Å². The van der Waals surface area contributed by atoms with Crippen molar-refractivity contribution in [3.63, 3.8) is 0 Å². The average Bonchev–Trinajstić information content (AvgIpc) is 2.49. The highest BCUT2D eigenvalue weighted by Gasteiger charge is 2.12. The van der Waals surface area contributed by atoms with Crippen LogP contribution in [0.1, 0.15) is 17.3 Å². The zero-order valence-electron chi connectivity index (χ0n) is 12.0. The first-order chi connectivity index (χ1) is 9.81. The molecule has 4 nitrogen and oxygen atoms in total. The molecule has 1 saturated heterocycles. The third-order valence-electron chi connectivity index (χ3n) is 3.36. The summed E-state index contributed by atoms with van der Waals surface area (Å²) in [4.78, 5) is 14.6. The van der Waals surface area contributed by atoms with E-state index in [1.165, 1.54) is 11.5 Å². The van der Waals surface area contributed by atoms with Gasteiger partial charge < -0.3 is 10.6 Å². The summed E-state index contributed by atoms with van der Waals surface area (Å²) in [5.41, 5.74) is 1.63. The third kappa shape index (κ3) is 4.42. The van der Waals surface area contributed by atoms with Gasteiger partial charge in [0.25, 0.3) is 5.91 Å². The lowest BCUT2D eigenvalue weighted by Gasteiger charge is -2.26. The summed E-state index contributed by atoms with van der Waals surface area (Å²) >= 11 is 2.01. The molecular weight excluding hydrogens is 270 g/mol. The van der Waals surface area contributed by atoms with Crippen LogP contribution in [0.5, 0.6) is 0 Å². The van der Waals surface area contributed by atoms with Gasteiger partial charge in [-0.1, -0.05) is 12.1 Å². The smallest absolute Gasteiger partial charge is 0.253 e. The molecule has 0 radical (unpaired) electrons. The van der Waals surface area contributed by atoms with Crippen LogP contribution in [-0.4, -0.2) is 55.0 Å². The maximum absolute atomic E-state index is 12.2. The van der Waals surface area contributed by atoms with Crippen molar-refractivity contribution in [1.82, 2.24) is 10.2 Å². The first-order valence-electron chi connectivity index (χ1n) is 7.22. The second-order valence-corrected chi connectivity index (χ2v) is 6.01. The lowest BCUT2D eigenvalue weighted by atomic mass is 10.1. The molecule has 0 unspecified atom stereocenters. The summed E-state index contributed by atoms with van der Waals surface area (Å²) in [5, 5.41) is 6.24. The summed E-state index contributed by atoms with van der Waals surface area (Å²) < 4.78 is 0. The highest BCUT2D eigenvalue weighted by Crippen LogP contribution is 2.14. The van der Waals surface area contributed by atoms with Gasteiger partial charge in [0.2, 0.25) is 0 Å². The Morgan fingerprint density at radius 1 is 1.30 bits per heavy atom. The third-order valence-corrected chi connectivity index (χ3v) is 4.30. The Hall–Kier alpha value is -1.20. The summed E-state index contributed by atoms with van der Waals surface area (Å²) in [5.74, 6) is 2.42. The van der Waals surface area contributed by atoms with Crippen molar-refractivity contribution in [1.29, 1.82) is 0 Å². The van der Waals surface area contributed by atoms with Crippen molar-refractivity contribution in [2.24, 2.45) is 0 Å². The Balaban J connectivity index is 1.82. The van der Waals surface area contributed by atoms with Crippen molar-refractivity contribution in [2.45, 2.75) is 6.92 Å². The summed E-state index contributed by atoms with van der Waals surface area (Å²) in [6, 6.07) is 7.66. The zero-order valence-corrected chi connectivity index (χ0v) is 12.8. The molecule has 0 aromatic heterocycles. The standard InChI is InChI=1S/C15H23N3OS/c1-2-16-14-6-4-3-5-13(14)15(19)17-7-8-18-9-11-20-12-10-18/h3-6,16H,2,7-12H2,1H3,(H,17,19). The molecule has 0 aliphatic carbocycles. The van der Waals surface area contributed by atoms with E-state index in [1.807, 2.05) is 43.0 Å². The highest BCUT2D eigenvalue weighted by molar-refractivity contribution is 7.99. The quantitative estimate of drug-likeness (QED) is 0.841. The zero-order chi connectivity index (χ0) is 14.2. The van der Waals surface area contributed by atoms with Crippen LogP contribution in [0.15, 0.2) is 24.3 Å². The van der Waals surface area contributed by atoms with Crippen LogP contribution >= 0.6 is 11.8 Å². The van der Waals surface area contributed by atoms with E-state index < -0.39 is 0 Å². The van der Waals surface area contributed by atoms with Gasteiger partial charge in [0.15, 0.2) is 0 Å². The van der Waals surface area contributed by atoms with E-state index in [0.29, 0.717) is 6.54 Å². The SMILES string of the molecule is CCNc1ccccc1C(=O)NCCN1CCSCC1. The second kappa shape index (κ2) is 8.17. The van der Waals surface area contributed by atoms with E-state index in [2.05, 4.69) is 15.5 Å². The molecule has 1 amide bonds. The van der Waals surface area contributed by atoms with Gasteiger partial charge in [-0.25, -0.2) is 0 Å². The summed E-state index contributed by atoms with van der Waals surface area (Å²) in [7, 11) is 0. The number of nitrogens with one attached hydrogen (secondary N) is 2. The van der Waals surface area contributed by atoms with E-state index in [1.54, 1.807) is 0 Å². The molecule has 0 spiro atoms. The molecular formula is C15H23N3OS. The van der Waals surface area contributed by atoms with Crippen LogP contribution in [0.4, 0.5) is 5.69 Å². The molecule has 20 heavy (non-hydrogen) atoms. The molecule has 1 fully saturated rings. The lowest BCUT2D eigenvalue weighted by molar-refractivity contribution is 0.0949. The molecule has 5 heteroatoms. The van der Waals surface area contributed by atoms with E-state index in [9.17, 15) is 4.79 Å². The first-order valence-corrected chi connectivity index (χ1v) is 8.38. The Bertz CT molecular complexity index is 433. The Kier molecular flexibility index (Phi) is 6.21. The van der Waals surface area contributed by atoms with Crippen molar-refractivity contribution >= 4 is 23.4 Å². The fourth-order valence-electron chi connectivity index (χ4n) is 2.27. The molecule has 0 saturated carbocycles. The van der Waals surface area contributed by atoms with Crippen molar-refractivity contribution in [2.75, 3.05) is 49.5 Å². The number of benzene rings is 1. The lowest BCUT2D eigenvalue weighted by Crippen LogP contribution is -2.39. The fourth-order valence-corrected chi connectivity index (χ4v) is 3.25. The molecule has 1 aliphatic rings. The molecule has 110 valence electrons.